The number of carbonyl (C=O) groups is 2. The summed E-state index contributed by atoms with van der Waals surface area (Å²) in [5, 5.41) is 23.1. The van der Waals surface area contributed by atoms with Crippen LogP contribution < -0.4 is 14.7 Å². The molecule has 5 rings (SSSR count). The van der Waals surface area contributed by atoms with Gasteiger partial charge in [-0.25, -0.2) is 14.4 Å². The van der Waals surface area contributed by atoms with Crippen LogP contribution in [-0.4, -0.2) is 34.6 Å². The van der Waals surface area contributed by atoms with Gasteiger partial charge in [0, 0.05) is 12.1 Å². The zero-order valence-electron chi connectivity index (χ0n) is 19.2. The lowest BCUT2D eigenvalue weighted by Gasteiger charge is -2.29. The summed E-state index contributed by atoms with van der Waals surface area (Å²) in [4.78, 5) is 44.6. The SMILES string of the molecule is CCOc1cc([C@@H]2[C@@H]3C(=O)N(c4ccccc4F)C(=O)[C@H]3ON2c2cccc([N+](=O)[O-])c2)cc(Br)c1O. The second-order valence-corrected chi connectivity index (χ2v) is 9.20. The maximum Gasteiger partial charge on any atom is 0.271 e. The summed E-state index contributed by atoms with van der Waals surface area (Å²) in [6.45, 7) is 1.97. The Morgan fingerprint density at radius 2 is 1.89 bits per heavy atom. The molecule has 2 aliphatic heterocycles. The van der Waals surface area contributed by atoms with Crippen LogP contribution in [0.5, 0.6) is 11.5 Å². The van der Waals surface area contributed by atoms with E-state index in [2.05, 4.69) is 15.9 Å². The number of fused-ring (bicyclic) bond motifs is 1. The summed E-state index contributed by atoms with van der Waals surface area (Å²) in [5.41, 5.74) is 0.236. The van der Waals surface area contributed by atoms with Crippen LogP contribution in [0.3, 0.4) is 0 Å². The number of aromatic hydroxyl groups is 1. The first-order valence-electron chi connectivity index (χ1n) is 11.2. The first-order valence-corrected chi connectivity index (χ1v) is 12.0. The Morgan fingerprint density at radius 3 is 2.59 bits per heavy atom. The van der Waals surface area contributed by atoms with Crippen LogP contribution in [0, 0.1) is 21.8 Å². The molecule has 3 aromatic rings. The first-order chi connectivity index (χ1) is 17.7. The van der Waals surface area contributed by atoms with Crippen molar-refractivity contribution in [3.63, 3.8) is 0 Å². The van der Waals surface area contributed by atoms with Crippen molar-refractivity contribution in [1.82, 2.24) is 0 Å². The third kappa shape index (κ3) is 4.07. The fraction of sp³-hybridized carbons (Fsp3) is 0.200. The predicted molar refractivity (Wildman–Crippen MR) is 133 cm³/mol. The van der Waals surface area contributed by atoms with E-state index < -0.39 is 40.6 Å². The lowest BCUT2D eigenvalue weighted by Crippen LogP contribution is -2.37. The molecule has 10 nitrogen and oxygen atoms in total. The fourth-order valence-electron chi connectivity index (χ4n) is 4.62. The molecule has 190 valence electrons. The van der Waals surface area contributed by atoms with E-state index in [-0.39, 0.29) is 39.6 Å². The van der Waals surface area contributed by atoms with Crippen LogP contribution in [-0.2, 0) is 14.4 Å². The number of hydrogen-bond acceptors (Lipinski definition) is 8. The maximum atomic E-state index is 14.6. The van der Waals surface area contributed by atoms with Crippen molar-refractivity contribution >= 4 is 44.8 Å². The van der Waals surface area contributed by atoms with Gasteiger partial charge < -0.3 is 9.84 Å². The van der Waals surface area contributed by atoms with Crippen molar-refractivity contribution < 1.29 is 33.6 Å². The number of ether oxygens (including phenoxy) is 1. The molecule has 2 amide bonds. The molecule has 2 aliphatic rings. The number of phenolic OH excluding ortho intramolecular Hbond substituents is 1. The average molecular weight is 572 g/mol. The number of hydroxylamine groups is 1. The Balaban J connectivity index is 1.65. The maximum absolute atomic E-state index is 14.6. The van der Waals surface area contributed by atoms with E-state index in [1.807, 2.05) is 0 Å². The molecule has 0 aromatic heterocycles. The molecule has 0 bridgehead atoms. The van der Waals surface area contributed by atoms with Crippen LogP contribution in [0.4, 0.5) is 21.5 Å². The van der Waals surface area contributed by atoms with Gasteiger partial charge in [0.1, 0.15) is 11.7 Å². The Morgan fingerprint density at radius 1 is 1.14 bits per heavy atom. The van der Waals surface area contributed by atoms with Gasteiger partial charge in [0.25, 0.3) is 11.6 Å². The van der Waals surface area contributed by atoms with Crippen molar-refractivity contribution in [2.45, 2.75) is 19.1 Å². The van der Waals surface area contributed by atoms with Crippen molar-refractivity contribution in [1.29, 1.82) is 0 Å². The minimum absolute atomic E-state index is 0.122. The van der Waals surface area contributed by atoms with E-state index in [0.717, 1.165) is 11.0 Å². The lowest BCUT2D eigenvalue weighted by molar-refractivity contribution is -0.384. The molecule has 2 heterocycles. The topological polar surface area (TPSA) is 122 Å². The summed E-state index contributed by atoms with van der Waals surface area (Å²) >= 11 is 3.29. The van der Waals surface area contributed by atoms with Crippen molar-refractivity contribution in [2.75, 3.05) is 16.6 Å². The molecule has 2 saturated heterocycles. The normalized spacial score (nSPS) is 20.9. The minimum Gasteiger partial charge on any atom is -0.503 e. The number of nitro benzene ring substituents is 1. The summed E-state index contributed by atoms with van der Waals surface area (Å²) in [6.07, 6.45) is -1.32. The van der Waals surface area contributed by atoms with Crippen LogP contribution >= 0.6 is 15.9 Å². The van der Waals surface area contributed by atoms with Crippen LogP contribution in [0.25, 0.3) is 0 Å². The van der Waals surface area contributed by atoms with Gasteiger partial charge in [-0.15, -0.1) is 0 Å². The van der Waals surface area contributed by atoms with E-state index in [1.54, 1.807) is 19.1 Å². The van der Waals surface area contributed by atoms with Crippen molar-refractivity contribution in [2.24, 2.45) is 5.92 Å². The number of anilines is 2. The smallest absolute Gasteiger partial charge is 0.271 e. The molecule has 0 saturated carbocycles. The van der Waals surface area contributed by atoms with Gasteiger partial charge in [0.2, 0.25) is 5.91 Å². The summed E-state index contributed by atoms with van der Waals surface area (Å²) in [6, 6.07) is 13.1. The third-order valence-electron chi connectivity index (χ3n) is 6.20. The number of phenols is 1. The van der Waals surface area contributed by atoms with Gasteiger partial charge in [-0.05, 0) is 58.7 Å². The Labute approximate surface area is 218 Å². The number of rotatable bonds is 6. The van der Waals surface area contributed by atoms with E-state index in [9.17, 15) is 29.2 Å². The van der Waals surface area contributed by atoms with Crippen molar-refractivity contribution in [3.05, 3.63) is 86.6 Å². The van der Waals surface area contributed by atoms with Gasteiger partial charge in [-0.1, -0.05) is 18.2 Å². The Hall–Kier alpha value is -4.03. The lowest BCUT2D eigenvalue weighted by atomic mass is 9.90. The first kappa shape index (κ1) is 24.7. The number of benzene rings is 3. The number of nitro groups is 1. The van der Waals surface area contributed by atoms with Crippen molar-refractivity contribution in [3.8, 4) is 11.5 Å². The molecule has 2 fully saturated rings. The number of nitrogens with zero attached hydrogens (tertiary/aromatic N) is 3. The second-order valence-electron chi connectivity index (χ2n) is 8.35. The number of halogens is 2. The molecule has 3 atom stereocenters. The van der Waals surface area contributed by atoms with Crippen LogP contribution in [0.15, 0.2) is 65.1 Å². The van der Waals surface area contributed by atoms with E-state index >= 15 is 0 Å². The summed E-state index contributed by atoms with van der Waals surface area (Å²) in [5.74, 6) is -3.37. The van der Waals surface area contributed by atoms with E-state index in [0.29, 0.717) is 5.56 Å². The largest absolute Gasteiger partial charge is 0.503 e. The molecule has 3 aromatic carbocycles. The molecule has 0 aliphatic carbocycles. The van der Waals surface area contributed by atoms with Crippen LogP contribution in [0.1, 0.15) is 18.5 Å². The number of amides is 2. The monoisotopic (exact) mass is 571 g/mol. The summed E-state index contributed by atoms with van der Waals surface area (Å²) in [7, 11) is 0. The van der Waals surface area contributed by atoms with E-state index in [4.69, 9.17) is 9.57 Å². The third-order valence-corrected chi connectivity index (χ3v) is 6.80. The highest BCUT2D eigenvalue weighted by atomic mass is 79.9. The zero-order valence-corrected chi connectivity index (χ0v) is 20.8. The van der Waals surface area contributed by atoms with Gasteiger partial charge >= 0.3 is 0 Å². The standard InChI is InChI=1S/C25H19BrFN3O7/c1-2-36-19-11-13(10-16(26)22(19)31)21-20-23(37-29(21)14-6-5-7-15(12-14)30(34)35)25(33)28(24(20)32)18-9-4-3-8-17(18)27/h3-12,20-21,23,31H,2H2,1H3/t20-,21+,23-/m0/s1. The van der Waals surface area contributed by atoms with Gasteiger partial charge in [-0.3, -0.25) is 24.5 Å². The van der Waals surface area contributed by atoms with E-state index in [1.165, 1.54) is 47.5 Å². The minimum atomic E-state index is -1.32. The Bertz CT molecular complexity index is 1440. The van der Waals surface area contributed by atoms with Gasteiger partial charge in [-0.2, -0.15) is 0 Å². The van der Waals surface area contributed by atoms with Gasteiger partial charge in [0.05, 0.1) is 33.4 Å². The Kier molecular flexibility index (Phi) is 6.30. The number of carbonyl (C=O) groups excluding carboxylic acids is 2. The molecular weight excluding hydrogens is 553 g/mol. The molecule has 0 spiro atoms. The highest BCUT2D eigenvalue weighted by Crippen LogP contribution is 2.50. The molecule has 0 unspecified atom stereocenters. The molecule has 12 heteroatoms. The molecular formula is C25H19BrFN3O7. The predicted octanol–water partition coefficient (Wildman–Crippen LogP) is 4.65. The second kappa shape index (κ2) is 9.45. The number of imide groups is 1. The number of para-hydroxylation sites is 1. The van der Waals surface area contributed by atoms with Crippen LogP contribution in [0.2, 0.25) is 0 Å². The molecule has 1 N–H and O–H groups in total. The zero-order chi connectivity index (χ0) is 26.4. The number of non-ortho nitro benzene ring substituents is 1. The fourth-order valence-corrected chi connectivity index (χ4v) is 5.08. The molecule has 37 heavy (non-hydrogen) atoms. The van der Waals surface area contributed by atoms with Gasteiger partial charge in [0.15, 0.2) is 17.6 Å². The average Bonchev–Trinajstić information content (AvgIpc) is 3.38. The summed E-state index contributed by atoms with van der Waals surface area (Å²) < 4.78 is 20.4. The number of hydrogen-bond donors (Lipinski definition) is 1. The highest BCUT2D eigenvalue weighted by Gasteiger charge is 2.60. The highest BCUT2D eigenvalue weighted by molar-refractivity contribution is 9.10. The quantitative estimate of drug-likeness (QED) is 0.257. The molecule has 0 radical (unpaired) electrons.